The zero-order valence-corrected chi connectivity index (χ0v) is 18.0. The summed E-state index contributed by atoms with van der Waals surface area (Å²) >= 11 is 0. The number of alkyl carbamates (subject to hydrolysis) is 1. The van der Waals surface area contributed by atoms with Crippen LogP contribution in [0.25, 0.3) is 0 Å². The Balaban J connectivity index is 2.08. The van der Waals surface area contributed by atoms with Gasteiger partial charge in [-0.15, -0.1) is 0 Å². The van der Waals surface area contributed by atoms with Crippen LogP contribution in [0.2, 0.25) is 0 Å². The summed E-state index contributed by atoms with van der Waals surface area (Å²) in [4.78, 5) is 24.8. The highest BCUT2D eigenvalue weighted by Gasteiger charge is 2.64. The quantitative estimate of drug-likeness (QED) is 0.563. The van der Waals surface area contributed by atoms with E-state index in [9.17, 15) is 22.8 Å². The topological polar surface area (TPSA) is 73.9 Å². The van der Waals surface area contributed by atoms with Gasteiger partial charge >= 0.3 is 18.2 Å². The number of hydrogen-bond acceptors (Lipinski definition) is 5. The second-order valence-electron chi connectivity index (χ2n) is 7.40. The number of alkyl halides is 3. The monoisotopic (exact) mass is 453 g/mol. The first-order valence-corrected chi connectivity index (χ1v) is 9.93. The van der Waals surface area contributed by atoms with Crippen molar-refractivity contribution in [1.82, 2.24) is 5.32 Å². The summed E-state index contributed by atoms with van der Waals surface area (Å²) in [7, 11) is 0.793. The predicted octanol–water partition coefficient (Wildman–Crippen LogP) is 4.58. The number of hydrogen-bond donors (Lipinski definition) is 1. The van der Waals surface area contributed by atoms with Gasteiger partial charge in [-0.25, -0.2) is 9.59 Å². The second-order valence-corrected chi connectivity index (χ2v) is 7.40. The first-order chi connectivity index (χ1) is 15.1. The summed E-state index contributed by atoms with van der Waals surface area (Å²) in [6.07, 6.45) is -5.85. The summed E-state index contributed by atoms with van der Waals surface area (Å²) in [6.45, 7) is 2.97. The minimum Gasteiger partial charge on any atom is -0.461 e. The van der Waals surface area contributed by atoms with E-state index in [-0.39, 0.29) is 12.5 Å². The van der Waals surface area contributed by atoms with Crippen LogP contribution in [0, 0.1) is 5.92 Å². The third-order valence-electron chi connectivity index (χ3n) is 4.89. The number of methoxy groups -OCH3 is 1. The number of halogens is 3. The largest absolute Gasteiger partial charge is 0.461 e. The zero-order valence-electron chi connectivity index (χ0n) is 18.0. The van der Waals surface area contributed by atoms with Crippen molar-refractivity contribution in [3.8, 4) is 0 Å². The van der Waals surface area contributed by atoms with Crippen molar-refractivity contribution in [3.05, 3.63) is 71.8 Å². The van der Waals surface area contributed by atoms with E-state index >= 15 is 0 Å². The minimum atomic E-state index is -5.07. The first kappa shape index (κ1) is 25.2. The van der Waals surface area contributed by atoms with Crippen molar-refractivity contribution in [2.24, 2.45) is 5.92 Å². The van der Waals surface area contributed by atoms with E-state index in [0.29, 0.717) is 0 Å². The van der Waals surface area contributed by atoms with Crippen molar-refractivity contribution < 1.29 is 37.0 Å². The molecule has 0 radical (unpaired) electrons. The molecule has 0 unspecified atom stereocenters. The van der Waals surface area contributed by atoms with Crippen LogP contribution >= 0.6 is 0 Å². The Hall–Kier alpha value is -3.07. The van der Waals surface area contributed by atoms with Crippen molar-refractivity contribution in [1.29, 1.82) is 0 Å². The van der Waals surface area contributed by atoms with E-state index in [2.05, 4.69) is 5.32 Å². The SMILES string of the molecule is CO[C@@](C(=O)OC[C@H](NC(=O)OCc1ccccc1)C(C)C)(c1ccccc1)C(F)(F)F. The van der Waals surface area contributed by atoms with Gasteiger partial charge < -0.3 is 19.5 Å². The molecular formula is C23H26F3NO5. The van der Waals surface area contributed by atoms with Crippen LogP contribution in [0.1, 0.15) is 25.0 Å². The third-order valence-corrected chi connectivity index (χ3v) is 4.89. The van der Waals surface area contributed by atoms with Gasteiger partial charge in [0, 0.05) is 12.7 Å². The van der Waals surface area contributed by atoms with Gasteiger partial charge in [0.15, 0.2) is 0 Å². The van der Waals surface area contributed by atoms with Crippen LogP contribution in [0.15, 0.2) is 60.7 Å². The highest BCUT2D eigenvalue weighted by atomic mass is 19.4. The lowest BCUT2D eigenvalue weighted by molar-refractivity contribution is -0.276. The molecule has 174 valence electrons. The summed E-state index contributed by atoms with van der Waals surface area (Å²) in [5.41, 5.74) is -2.92. The number of esters is 1. The lowest BCUT2D eigenvalue weighted by Crippen LogP contribution is -2.53. The van der Waals surface area contributed by atoms with Crippen molar-refractivity contribution in [2.45, 2.75) is 38.3 Å². The van der Waals surface area contributed by atoms with E-state index in [1.54, 1.807) is 38.1 Å². The molecule has 6 nitrogen and oxygen atoms in total. The average molecular weight is 453 g/mol. The highest BCUT2D eigenvalue weighted by molar-refractivity contribution is 5.82. The molecule has 0 saturated carbocycles. The zero-order chi connectivity index (χ0) is 23.8. The van der Waals surface area contributed by atoms with Gasteiger partial charge in [-0.05, 0) is 11.5 Å². The molecule has 9 heteroatoms. The highest BCUT2D eigenvalue weighted by Crippen LogP contribution is 2.43. The smallest absolute Gasteiger partial charge is 0.432 e. The fourth-order valence-corrected chi connectivity index (χ4v) is 2.97. The van der Waals surface area contributed by atoms with Crippen molar-refractivity contribution >= 4 is 12.1 Å². The van der Waals surface area contributed by atoms with E-state index in [1.165, 1.54) is 18.2 Å². The number of carbonyl (C=O) groups excluding carboxylic acids is 2. The van der Waals surface area contributed by atoms with E-state index in [0.717, 1.165) is 24.8 Å². The molecule has 32 heavy (non-hydrogen) atoms. The molecule has 0 aliphatic heterocycles. The van der Waals surface area contributed by atoms with Crippen LogP contribution in [-0.4, -0.2) is 38.0 Å². The molecule has 1 amide bonds. The molecule has 0 heterocycles. The average Bonchev–Trinajstić information content (AvgIpc) is 2.76. The number of amides is 1. The van der Waals surface area contributed by atoms with Gasteiger partial charge in [0.1, 0.15) is 13.2 Å². The van der Waals surface area contributed by atoms with Crippen LogP contribution < -0.4 is 5.32 Å². The van der Waals surface area contributed by atoms with Crippen LogP contribution in [-0.2, 0) is 31.2 Å². The number of carbonyl (C=O) groups is 2. The molecule has 2 rings (SSSR count). The van der Waals surface area contributed by atoms with E-state index < -0.39 is 42.1 Å². The molecule has 2 atom stereocenters. The Morgan fingerprint density at radius 1 is 0.938 bits per heavy atom. The van der Waals surface area contributed by atoms with Crippen LogP contribution in [0.3, 0.4) is 0 Å². The predicted molar refractivity (Wildman–Crippen MR) is 111 cm³/mol. The van der Waals surface area contributed by atoms with Gasteiger partial charge in [0.05, 0.1) is 6.04 Å². The van der Waals surface area contributed by atoms with E-state index in [1.807, 2.05) is 6.07 Å². The number of benzene rings is 2. The minimum absolute atomic E-state index is 0.0200. The van der Waals surface area contributed by atoms with Gasteiger partial charge in [0.2, 0.25) is 0 Å². The Bertz CT molecular complexity index is 874. The normalized spacial score (nSPS) is 14.3. The van der Waals surface area contributed by atoms with Crippen molar-refractivity contribution in [3.63, 3.8) is 0 Å². The fourth-order valence-electron chi connectivity index (χ4n) is 2.97. The molecule has 2 aromatic rings. The summed E-state index contributed by atoms with van der Waals surface area (Å²) < 4.78 is 56.7. The van der Waals surface area contributed by atoms with Gasteiger partial charge in [0.25, 0.3) is 5.60 Å². The molecule has 0 aromatic heterocycles. The summed E-state index contributed by atoms with van der Waals surface area (Å²) in [6, 6.07) is 14.7. The van der Waals surface area contributed by atoms with Gasteiger partial charge in [-0.2, -0.15) is 13.2 Å². The Morgan fingerprint density at radius 2 is 1.50 bits per heavy atom. The molecule has 0 bridgehead atoms. The molecule has 0 saturated heterocycles. The molecular weight excluding hydrogens is 427 g/mol. The Kier molecular flexibility index (Phi) is 8.65. The molecule has 0 spiro atoms. The summed E-state index contributed by atoms with van der Waals surface area (Å²) in [5, 5.41) is 2.53. The van der Waals surface area contributed by atoms with Gasteiger partial charge in [-0.3, -0.25) is 0 Å². The van der Waals surface area contributed by atoms with E-state index in [4.69, 9.17) is 14.2 Å². The maximum Gasteiger partial charge on any atom is 0.432 e. The Labute approximate surface area is 184 Å². The molecule has 1 N–H and O–H groups in total. The molecule has 0 aliphatic carbocycles. The van der Waals surface area contributed by atoms with Crippen molar-refractivity contribution in [2.75, 3.05) is 13.7 Å². The third kappa shape index (κ3) is 6.00. The van der Waals surface area contributed by atoms with Crippen LogP contribution in [0.5, 0.6) is 0 Å². The Morgan fingerprint density at radius 3 is 2.00 bits per heavy atom. The maximum absolute atomic E-state index is 14.0. The maximum atomic E-state index is 14.0. The number of rotatable bonds is 9. The summed E-state index contributed by atoms with van der Waals surface area (Å²) in [5.74, 6) is -1.88. The first-order valence-electron chi connectivity index (χ1n) is 9.93. The fraction of sp³-hybridized carbons (Fsp3) is 0.391. The lowest BCUT2D eigenvalue weighted by Gasteiger charge is -2.33. The second kappa shape index (κ2) is 11.0. The van der Waals surface area contributed by atoms with Crippen LogP contribution in [0.4, 0.5) is 18.0 Å². The number of nitrogens with one attached hydrogen (secondary N) is 1. The lowest BCUT2D eigenvalue weighted by atomic mass is 9.92. The molecule has 0 aliphatic rings. The molecule has 0 fully saturated rings. The standard InChI is InChI=1S/C23H26F3NO5/c1-16(2)19(27-21(29)32-14-17-10-6-4-7-11-17)15-31-20(28)22(30-3,23(24,25)26)18-12-8-5-9-13-18/h4-13,16,19H,14-15H2,1-3H3,(H,27,29)/t19-,22+/m0/s1. The number of ether oxygens (including phenoxy) is 3. The van der Waals surface area contributed by atoms with Gasteiger partial charge in [-0.1, -0.05) is 74.5 Å². The molecule has 2 aromatic carbocycles.